The molecule has 0 spiro atoms. The van der Waals surface area contributed by atoms with Crippen molar-refractivity contribution in [2.24, 2.45) is 5.92 Å². The molecule has 1 rings (SSSR count). The van der Waals surface area contributed by atoms with Crippen molar-refractivity contribution in [3.63, 3.8) is 0 Å². The second-order valence-electron chi connectivity index (χ2n) is 4.14. The first kappa shape index (κ1) is 12.8. The second kappa shape index (κ2) is 6.35. The summed E-state index contributed by atoms with van der Waals surface area (Å²) in [6.45, 7) is 4.23. The third-order valence-corrected chi connectivity index (χ3v) is 3.55. The van der Waals surface area contributed by atoms with Crippen molar-refractivity contribution in [1.82, 2.24) is 10.6 Å². The molecular weight excluding hydrogens is 212 g/mol. The second-order valence-corrected chi connectivity index (χ2v) is 5.17. The Bertz CT molecular complexity index is 206. The Morgan fingerprint density at radius 3 is 2.87 bits per heavy atom. The van der Waals surface area contributed by atoms with Crippen molar-refractivity contribution in [2.75, 3.05) is 18.2 Å². The van der Waals surface area contributed by atoms with Gasteiger partial charge in [0.2, 0.25) is 5.91 Å². The lowest BCUT2D eigenvalue weighted by molar-refractivity contribution is -0.123. The van der Waals surface area contributed by atoms with Crippen molar-refractivity contribution in [3.8, 4) is 0 Å². The molecule has 2 atom stereocenters. The highest BCUT2D eigenvalue weighted by Crippen LogP contribution is 2.11. The fourth-order valence-electron chi connectivity index (χ4n) is 1.56. The highest BCUT2D eigenvalue weighted by atomic mass is 32.2. The van der Waals surface area contributed by atoms with E-state index in [1.54, 1.807) is 11.8 Å². The maximum absolute atomic E-state index is 11.8. The van der Waals surface area contributed by atoms with Gasteiger partial charge in [0, 0.05) is 24.3 Å². The van der Waals surface area contributed by atoms with Gasteiger partial charge in [-0.15, -0.1) is 11.8 Å². The number of thioether (sulfide) groups is 1. The zero-order valence-electron chi connectivity index (χ0n) is 9.32. The van der Waals surface area contributed by atoms with Gasteiger partial charge in [-0.25, -0.2) is 0 Å². The van der Waals surface area contributed by atoms with Crippen LogP contribution in [0.5, 0.6) is 0 Å². The molecule has 1 aliphatic heterocycles. The van der Waals surface area contributed by atoms with Crippen LogP contribution in [0.1, 0.15) is 20.3 Å². The first-order valence-corrected chi connectivity index (χ1v) is 6.53. The van der Waals surface area contributed by atoms with Crippen molar-refractivity contribution in [2.45, 2.75) is 32.4 Å². The van der Waals surface area contributed by atoms with E-state index in [-0.39, 0.29) is 24.6 Å². The molecule has 4 nitrogen and oxygen atoms in total. The highest BCUT2D eigenvalue weighted by molar-refractivity contribution is 7.99. The minimum atomic E-state index is -0.0602. The van der Waals surface area contributed by atoms with Gasteiger partial charge in [-0.1, -0.05) is 13.8 Å². The number of rotatable bonds is 5. The Hall–Kier alpha value is -0.260. The molecular formula is C10H20N2O2S. The molecule has 5 heteroatoms. The van der Waals surface area contributed by atoms with Crippen LogP contribution in [0, 0.1) is 5.92 Å². The average Bonchev–Trinajstić information content (AvgIpc) is 2.69. The molecule has 2 unspecified atom stereocenters. The van der Waals surface area contributed by atoms with Crippen LogP contribution in [0.25, 0.3) is 0 Å². The molecule has 1 amide bonds. The molecule has 0 radical (unpaired) electrons. The van der Waals surface area contributed by atoms with E-state index in [0.717, 1.165) is 11.6 Å². The average molecular weight is 232 g/mol. The Morgan fingerprint density at radius 1 is 1.67 bits per heavy atom. The van der Waals surface area contributed by atoms with Crippen LogP contribution < -0.4 is 10.6 Å². The largest absolute Gasteiger partial charge is 0.396 e. The summed E-state index contributed by atoms with van der Waals surface area (Å²) in [7, 11) is 0. The SMILES string of the molecule is CC(C)C(CCO)NC(=O)C1CSCN1. The van der Waals surface area contributed by atoms with Gasteiger partial charge < -0.3 is 10.4 Å². The summed E-state index contributed by atoms with van der Waals surface area (Å²) in [4.78, 5) is 11.8. The number of carbonyl (C=O) groups is 1. The van der Waals surface area contributed by atoms with E-state index in [9.17, 15) is 4.79 Å². The number of carbonyl (C=O) groups excluding carboxylic acids is 1. The summed E-state index contributed by atoms with van der Waals surface area (Å²) in [6.07, 6.45) is 0.628. The van der Waals surface area contributed by atoms with Gasteiger partial charge in [0.05, 0.1) is 6.04 Å². The molecule has 1 fully saturated rings. The minimum Gasteiger partial charge on any atom is -0.396 e. The summed E-state index contributed by atoms with van der Waals surface area (Å²) in [6, 6.07) is 0.0184. The number of aliphatic hydroxyl groups is 1. The van der Waals surface area contributed by atoms with Crippen molar-refractivity contribution >= 4 is 17.7 Å². The van der Waals surface area contributed by atoms with E-state index in [2.05, 4.69) is 24.5 Å². The highest BCUT2D eigenvalue weighted by Gasteiger charge is 2.25. The number of amides is 1. The van der Waals surface area contributed by atoms with Crippen LogP contribution in [-0.4, -0.2) is 41.3 Å². The Morgan fingerprint density at radius 2 is 2.40 bits per heavy atom. The quantitative estimate of drug-likeness (QED) is 0.632. The maximum Gasteiger partial charge on any atom is 0.238 e. The summed E-state index contributed by atoms with van der Waals surface area (Å²) in [5.74, 6) is 2.11. The van der Waals surface area contributed by atoms with Crippen LogP contribution in [0.2, 0.25) is 0 Å². The van der Waals surface area contributed by atoms with Gasteiger partial charge in [0.1, 0.15) is 0 Å². The van der Waals surface area contributed by atoms with Crippen LogP contribution in [0.15, 0.2) is 0 Å². The fraction of sp³-hybridized carbons (Fsp3) is 0.900. The zero-order valence-corrected chi connectivity index (χ0v) is 10.1. The minimum absolute atomic E-state index is 0.0602. The first-order chi connectivity index (χ1) is 7.15. The van der Waals surface area contributed by atoms with Crippen molar-refractivity contribution in [1.29, 1.82) is 0 Å². The number of aliphatic hydroxyl groups excluding tert-OH is 1. The molecule has 3 N–H and O–H groups in total. The topological polar surface area (TPSA) is 61.4 Å². The molecule has 88 valence electrons. The molecule has 0 aliphatic carbocycles. The van der Waals surface area contributed by atoms with Crippen LogP contribution in [0.3, 0.4) is 0 Å². The summed E-state index contributed by atoms with van der Waals surface area (Å²) in [5, 5.41) is 15.0. The number of hydrogen-bond donors (Lipinski definition) is 3. The summed E-state index contributed by atoms with van der Waals surface area (Å²) >= 11 is 1.74. The predicted molar refractivity (Wildman–Crippen MR) is 62.7 cm³/mol. The Balaban J connectivity index is 2.38. The third kappa shape index (κ3) is 4.01. The van der Waals surface area contributed by atoms with Crippen LogP contribution >= 0.6 is 11.8 Å². The van der Waals surface area contributed by atoms with E-state index < -0.39 is 0 Å². The van der Waals surface area contributed by atoms with Crippen molar-refractivity contribution < 1.29 is 9.90 Å². The fourth-order valence-corrected chi connectivity index (χ4v) is 2.50. The zero-order chi connectivity index (χ0) is 11.3. The molecule has 1 aliphatic rings. The maximum atomic E-state index is 11.8. The van der Waals surface area contributed by atoms with E-state index in [1.807, 2.05) is 0 Å². The molecule has 0 aromatic heterocycles. The molecule has 1 heterocycles. The molecule has 15 heavy (non-hydrogen) atoms. The van der Waals surface area contributed by atoms with E-state index in [4.69, 9.17) is 5.11 Å². The molecule has 1 saturated heterocycles. The summed E-state index contributed by atoms with van der Waals surface area (Å²) < 4.78 is 0. The molecule has 0 aromatic carbocycles. The Kier molecular flexibility index (Phi) is 5.42. The van der Waals surface area contributed by atoms with Crippen LogP contribution in [-0.2, 0) is 4.79 Å². The first-order valence-electron chi connectivity index (χ1n) is 5.37. The molecule has 0 aromatic rings. The van der Waals surface area contributed by atoms with Gasteiger partial charge in [-0.3, -0.25) is 10.1 Å². The monoisotopic (exact) mass is 232 g/mol. The Labute approximate surface area is 95.2 Å². The van der Waals surface area contributed by atoms with Crippen molar-refractivity contribution in [3.05, 3.63) is 0 Å². The van der Waals surface area contributed by atoms with Gasteiger partial charge >= 0.3 is 0 Å². The van der Waals surface area contributed by atoms with Gasteiger partial charge in [0.15, 0.2) is 0 Å². The number of nitrogens with one attached hydrogen (secondary N) is 2. The molecule has 0 saturated carbocycles. The normalized spacial score (nSPS) is 23.1. The lowest BCUT2D eigenvalue weighted by Gasteiger charge is -2.23. The standard InChI is InChI=1S/C10H20N2O2S/c1-7(2)8(3-4-13)12-10(14)9-5-15-6-11-9/h7-9,11,13H,3-6H2,1-2H3,(H,12,14). The van der Waals surface area contributed by atoms with Gasteiger partial charge in [0.25, 0.3) is 0 Å². The number of hydrogen-bond acceptors (Lipinski definition) is 4. The van der Waals surface area contributed by atoms with Crippen LogP contribution in [0.4, 0.5) is 0 Å². The third-order valence-electron chi connectivity index (χ3n) is 2.61. The van der Waals surface area contributed by atoms with E-state index in [1.165, 1.54) is 0 Å². The smallest absolute Gasteiger partial charge is 0.238 e. The van der Waals surface area contributed by atoms with Gasteiger partial charge in [-0.2, -0.15) is 0 Å². The van der Waals surface area contributed by atoms with Gasteiger partial charge in [-0.05, 0) is 12.3 Å². The summed E-state index contributed by atoms with van der Waals surface area (Å²) in [5.41, 5.74) is 0. The van der Waals surface area contributed by atoms with E-state index >= 15 is 0 Å². The lowest BCUT2D eigenvalue weighted by Crippen LogP contribution is -2.48. The lowest BCUT2D eigenvalue weighted by atomic mass is 10.0. The van der Waals surface area contributed by atoms with E-state index in [0.29, 0.717) is 12.3 Å². The predicted octanol–water partition coefficient (Wildman–Crippen LogP) is 0.172. The molecule has 0 bridgehead atoms.